The molecule has 0 spiro atoms. The minimum atomic E-state index is -0.0678. The molecule has 0 atom stereocenters. The van der Waals surface area contributed by atoms with Gasteiger partial charge in [-0.1, -0.05) is 25.4 Å². The molecule has 3 heterocycles. The Kier molecular flexibility index (Phi) is 5.72. The van der Waals surface area contributed by atoms with Crippen LogP contribution in [0.1, 0.15) is 38.6 Å². The zero-order valence-corrected chi connectivity index (χ0v) is 17.6. The highest BCUT2D eigenvalue weighted by atomic mass is 35.5. The fourth-order valence-corrected chi connectivity index (χ4v) is 4.06. The van der Waals surface area contributed by atoms with E-state index in [0.717, 1.165) is 41.9 Å². The number of nitrogens with zero attached hydrogens (tertiary/aromatic N) is 4. The summed E-state index contributed by atoms with van der Waals surface area (Å²) >= 11 is 5.91. The monoisotopic (exact) mass is 411 g/mol. The van der Waals surface area contributed by atoms with Gasteiger partial charge in [0.05, 0.1) is 0 Å². The van der Waals surface area contributed by atoms with Crippen molar-refractivity contribution < 1.29 is 4.79 Å². The number of likely N-dealkylation sites (tertiary alicyclic amines) is 1. The molecule has 0 aliphatic carbocycles. The summed E-state index contributed by atoms with van der Waals surface area (Å²) in [6.07, 6.45) is 4.53. The Bertz CT molecular complexity index is 990. The number of fused-ring (bicyclic) bond motifs is 1. The molecule has 0 unspecified atom stereocenters. The lowest BCUT2D eigenvalue weighted by atomic mass is 10.0. The van der Waals surface area contributed by atoms with Gasteiger partial charge in [-0.05, 0) is 55.2 Å². The smallest absolute Gasteiger partial charge is 0.321 e. The number of amides is 2. The van der Waals surface area contributed by atoms with Crippen LogP contribution >= 0.6 is 11.6 Å². The van der Waals surface area contributed by atoms with Crippen molar-refractivity contribution in [2.24, 2.45) is 5.92 Å². The van der Waals surface area contributed by atoms with Gasteiger partial charge in [-0.3, -0.25) is 0 Å². The van der Waals surface area contributed by atoms with E-state index in [0.29, 0.717) is 30.1 Å². The molecule has 1 aliphatic rings. The number of urea groups is 1. The molecule has 29 heavy (non-hydrogen) atoms. The first-order valence-corrected chi connectivity index (χ1v) is 10.5. The lowest BCUT2D eigenvalue weighted by molar-refractivity contribution is 0.183. The van der Waals surface area contributed by atoms with Gasteiger partial charge in [-0.2, -0.15) is 0 Å². The molecule has 0 radical (unpaired) electrons. The van der Waals surface area contributed by atoms with Crippen LogP contribution in [0.5, 0.6) is 0 Å². The van der Waals surface area contributed by atoms with Crippen molar-refractivity contribution in [2.75, 3.05) is 18.4 Å². The zero-order valence-electron chi connectivity index (χ0n) is 16.8. The second kappa shape index (κ2) is 8.41. The Morgan fingerprint density at radius 3 is 2.62 bits per heavy atom. The maximum absolute atomic E-state index is 12.6. The minimum Gasteiger partial charge on any atom is -0.324 e. The molecule has 152 valence electrons. The number of nitrogens with one attached hydrogen (secondary N) is 1. The molecule has 1 saturated heterocycles. The molecule has 0 bridgehead atoms. The van der Waals surface area contributed by atoms with Crippen molar-refractivity contribution in [3.63, 3.8) is 0 Å². The van der Waals surface area contributed by atoms with Crippen LogP contribution in [0.2, 0.25) is 5.02 Å². The van der Waals surface area contributed by atoms with Crippen LogP contribution in [-0.4, -0.2) is 38.6 Å². The predicted molar refractivity (Wildman–Crippen MR) is 116 cm³/mol. The molecule has 4 rings (SSSR count). The van der Waals surface area contributed by atoms with Gasteiger partial charge >= 0.3 is 6.03 Å². The summed E-state index contributed by atoms with van der Waals surface area (Å²) in [6.45, 7) is 5.83. The number of anilines is 1. The Labute approximate surface area is 175 Å². The third kappa shape index (κ3) is 4.37. The van der Waals surface area contributed by atoms with E-state index in [1.165, 1.54) is 0 Å². The van der Waals surface area contributed by atoms with Crippen molar-refractivity contribution in [2.45, 2.75) is 39.2 Å². The fraction of sp³-hybridized carbons (Fsp3) is 0.409. The minimum absolute atomic E-state index is 0.0678. The van der Waals surface area contributed by atoms with Gasteiger partial charge in [0.2, 0.25) is 0 Å². The average molecular weight is 412 g/mol. The molecule has 2 aromatic heterocycles. The molecule has 6 nitrogen and oxygen atoms in total. The largest absolute Gasteiger partial charge is 0.324 e. The molecule has 1 N–H and O–H groups in total. The summed E-state index contributed by atoms with van der Waals surface area (Å²) in [7, 11) is 0. The SMILES string of the molecule is CC(C)Cc1nc2cccnc2n1C1CCN(C(=O)Nc2ccc(Cl)cc2)CC1. The van der Waals surface area contributed by atoms with E-state index >= 15 is 0 Å². The highest BCUT2D eigenvalue weighted by Crippen LogP contribution is 2.29. The Balaban J connectivity index is 1.47. The summed E-state index contributed by atoms with van der Waals surface area (Å²) in [5.74, 6) is 1.62. The summed E-state index contributed by atoms with van der Waals surface area (Å²) in [6, 6.07) is 11.4. The molecule has 1 fully saturated rings. The first-order chi connectivity index (χ1) is 14.0. The number of carbonyl (C=O) groups is 1. The van der Waals surface area contributed by atoms with E-state index < -0.39 is 0 Å². The van der Waals surface area contributed by atoms with Crippen LogP contribution in [0, 0.1) is 5.92 Å². The standard InChI is InChI=1S/C22H26ClN5O/c1-15(2)14-20-26-19-4-3-11-24-21(19)28(20)18-9-12-27(13-10-18)22(29)25-17-7-5-16(23)6-8-17/h3-8,11,15,18H,9-10,12-14H2,1-2H3,(H,25,29). The van der Waals surface area contributed by atoms with E-state index in [1.807, 2.05) is 35.4 Å². The van der Waals surface area contributed by atoms with Crippen molar-refractivity contribution in [1.82, 2.24) is 19.4 Å². The maximum atomic E-state index is 12.6. The molecule has 1 aromatic carbocycles. The summed E-state index contributed by atoms with van der Waals surface area (Å²) in [5, 5.41) is 3.61. The number of benzene rings is 1. The second-order valence-corrected chi connectivity index (χ2v) is 8.43. The van der Waals surface area contributed by atoms with Crippen LogP contribution in [0.15, 0.2) is 42.6 Å². The first-order valence-electron chi connectivity index (χ1n) is 10.1. The summed E-state index contributed by atoms with van der Waals surface area (Å²) < 4.78 is 2.31. The second-order valence-electron chi connectivity index (χ2n) is 8.00. The van der Waals surface area contributed by atoms with E-state index in [4.69, 9.17) is 16.6 Å². The molecule has 0 saturated carbocycles. The fourth-order valence-electron chi connectivity index (χ4n) is 3.93. The van der Waals surface area contributed by atoms with Crippen molar-refractivity contribution in [1.29, 1.82) is 0 Å². The predicted octanol–water partition coefficient (Wildman–Crippen LogP) is 5.15. The van der Waals surface area contributed by atoms with Crippen molar-refractivity contribution in [3.05, 3.63) is 53.4 Å². The lowest BCUT2D eigenvalue weighted by Gasteiger charge is -2.33. The van der Waals surface area contributed by atoms with Gasteiger partial charge in [0.25, 0.3) is 0 Å². The van der Waals surface area contributed by atoms with Crippen LogP contribution in [0.4, 0.5) is 10.5 Å². The molecule has 7 heteroatoms. The quantitative estimate of drug-likeness (QED) is 0.645. The molecular weight excluding hydrogens is 386 g/mol. The lowest BCUT2D eigenvalue weighted by Crippen LogP contribution is -2.41. The Morgan fingerprint density at radius 2 is 1.93 bits per heavy atom. The van der Waals surface area contributed by atoms with Crippen molar-refractivity contribution in [3.8, 4) is 0 Å². The van der Waals surface area contributed by atoms with Crippen LogP contribution in [0.25, 0.3) is 11.2 Å². The number of halogens is 1. The van der Waals surface area contributed by atoms with Crippen molar-refractivity contribution >= 4 is 34.5 Å². The van der Waals surface area contributed by atoms with E-state index in [-0.39, 0.29) is 6.03 Å². The highest BCUT2D eigenvalue weighted by Gasteiger charge is 2.27. The van der Waals surface area contributed by atoms with E-state index in [1.54, 1.807) is 12.1 Å². The van der Waals surface area contributed by atoms with Gasteiger partial charge < -0.3 is 14.8 Å². The van der Waals surface area contributed by atoms with Gasteiger partial charge in [0, 0.05) is 42.5 Å². The first kappa shape index (κ1) is 19.7. The van der Waals surface area contributed by atoms with Gasteiger partial charge in [-0.25, -0.2) is 14.8 Å². The normalized spacial score (nSPS) is 15.2. The number of pyridine rings is 1. The summed E-state index contributed by atoms with van der Waals surface area (Å²) in [4.78, 5) is 23.9. The van der Waals surface area contributed by atoms with Gasteiger partial charge in [-0.15, -0.1) is 0 Å². The number of imidazole rings is 1. The Morgan fingerprint density at radius 1 is 1.21 bits per heavy atom. The third-order valence-corrected chi connectivity index (χ3v) is 5.58. The van der Waals surface area contributed by atoms with Gasteiger partial charge in [0.1, 0.15) is 11.3 Å². The topological polar surface area (TPSA) is 63.1 Å². The molecular formula is C22H26ClN5O. The van der Waals surface area contributed by atoms with E-state index in [2.05, 4.69) is 28.7 Å². The molecule has 2 amide bonds. The zero-order chi connectivity index (χ0) is 20.4. The third-order valence-electron chi connectivity index (χ3n) is 5.33. The number of aromatic nitrogens is 3. The van der Waals surface area contributed by atoms with Crippen LogP contribution in [0.3, 0.4) is 0 Å². The van der Waals surface area contributed by atoms with E-state index in [9.17, 15) is 4.79 Å². The van der Waals surface area contributed by atoms with Gasteiger partial charge in [0.15, 0.2) is 5.65 Å². The number of rotatable bonds is 4. The number of hydrogen-bond donors (Lipinski definition) is 1. The maximum Gasteiger partial charge on any atom is 0.321 e. The van der Waals surface area contributed by atoms with Crippen LogP contribution < -0.4 is 5.32 Å². The Hall–Kier alpha value is -2.60. The summed E-state index contributed by atoms with van der Waals surface area (Å²) in [5.41, 5.74) is 2.66. The number of hydrogen-bond acceptors (Lipinski definition) is 3. The number of carbonyl (C=O) groups excluding carboxylic acids is 1. The van der Waals surface area contributed by atoms with Crippen LogP contribution in [-0.2, 0) is 6.42 Å². The number of piperidine rings is 1. The molecule has 3 aromatic rings. The highest BCUT2D eigenvalue weighted by molar-refractivity contribution is 6.30. The average Bonchev–Trinajstić information content (AvgIpc) is 3.07. The molecule has 1 aliphatic heterocycles.